The fraction of sp³-hybridized carbons (Fsp3) is 0.353. The third kappa shape index (κ3) is 3.37. The predicted molar refractivity (Wildman–Crippen MR) is 90.5 cm³/mol. The van der Waals surface area contributed by atoms with E-state index >= 15 is 0 Å². The maximum absolute atomic E-state index is 12.6. The summed E-state index contributed by atoms with van der Waals surface area (Å²) in [6.07, 6.45) is 2.73. The Hall–Kier alpha value is -2.12. The second kappa shape index (κ2) is 6.78. The van der Waals surface area contributed by atoms with Crippen molar-refractivity contribution in [3.63, 3.8) is 0 Å². The second-order valence-corrected chi connectivity index (χ2v) is 7.69. The van der Waals surface area contributed by atoms with E-state index in [4.69, 9.17) is 4.42 Å². The van der Waals surface area contributed by atoms with E-state index in [0.29, 0.717) is 24.5 Å². The molecule has 0 unspecified atom stereocenters. The molecule has 7 heteroatoms. The average molecular weight is 348 g/mol. The summed E-state index contributed by atoms with van der Waals surface area (Å²) < 4.78 is 32.1. The first-order valence-electron chi connectivity index (χ1n) is 7.95. The van der Waals surface area contributed by atoms with Gasteiger partial charge < -0.3 is 9.73 Å². The van der Waals surface area contributed by atoms with Crippen LogP contribution in [0.1, 0.15) is 35.4 Å². The molecule has 1 aliphatic rings. The van der Waals surface area contributed by atoms with Crippen molar-refractivity contribution in [3.05, 3.63) is 47.7 Å². The van der Waals surface area contributed by atoms with Crippen LogP contribution in [0.4, 0.5) is 5.69 Å². The molecule has 1 saturated heterocycles. The summed E-state index contributed by atoms with van der Waals surface area (Å²) in [6.45, 7) is 2.58. The van der Waals surface area contributed by atoms with E-state index in [1.54, 1.807) is 19.1 Å². The number of sulfonamides is 1. The summed E-state index contributed by atoms with van der Waals surface area (Å²) in [7, 11) is -3.68. The van der Waals surface area contributed by atoms with Crippen LogP contribution in [0.15, 0.2) is 45.9 Å². The minimum atomic E-state index is -3.68. The molecule has 1 amide bonds. The number of carbonyl (C=O) groups excluding carboxylic acids is 1. The molecule has 2 heterocycles. The van der Waals surface area contributed by atoms with Crippen LogP contribution < -0.4 is 5.32 Å². The highest BCUT2D eigenvalue weighted by Gasteiger charge is 2.30. The number of hydrogen-bond acceptors (Lipinski definition) is 4. The first-order valence-corrected chi connectivity index (χ1v) is 9.39. The average Bonchev–Trinajstić information content (AvgIpc) is 2.99. The van der Waals surface area contributed by atoms with Gasteiger partial charge in [0.2, 0.25) is 5.09 Å². The van der Waals surface area contributed by atoms with Crippen LogP contribution >= 0.6 is 0 Å². The van der Waals surface area contributed by atoms with E-state index < -0.39 is 10.0 Å². The molecular formula is C17H20N2O4S. The van der Waals surface area contributed by atoms with Gasteiger partial charge in [-0.3, -0.25) is 4.79 Å². The fourth-order valence-corrected chi connectivity index (χ4v) is 4.25. The second-order valence-electron chi connectivity index (χ2n) is 5.82. The topological polar surface area (TPSA) is 79.6 Å². The molecule has 6 nitrogen and oxygen atoms in total. The zero-order valence-electron chi connectivity index (χ0n) is 13.5. The molecule has 0 atom stereocenters. The van der Waals surface area contributed by atoms with Crippen LogP contribution in [0.5, 0.6) is 0 Å². The first kappa shape index (κ1) is 16.7. The highest BCUT2D eigenvalue weighted by Crippen LogP contribution is 2.25. The van der Waals surface area contributed by atoms with Crippen LogP contribution in [-0.4, -0.2) is 31.7 Å². The van der Waals surface area contributed by atoms with Gasteiger partial charge >= 0.3 is 0 Å². The zero-order valence-corrected chi connectivity index (χ0v) is 14.3. The number of furan rings is 1. The standard InChI is InChI=1S/C17H20N2O4S/c1-13-15(17(20)18-14-8-4-2-5-9-14)12-16(23-13)24(21,22)19-10-6-3-7-11-19/h2,4-5,8-9,12H,3,6-7,10-11H2,1H3,(H,18,20). The van der Waals surface area contributed by atoms with Crippen molar-refractivity contribution in [2.24, 2.45) is 0 Å². The summed E-state index contributed by atoms with van der Waals surface area (Å²) in [5.41, 5.74) is 0.873. The molecular weight excluding hydrogens is 328 g/mol. The Balaban J connectivity index is 1.83. The third-order valence-electron chi connectivity index (χ3n) is 4.08. The van der Waals surface area contributed by atoms with Gasteiger partial charge in [-0.05, 0) is 31.9 Å². The molecule has 1 aromatic heterocycles. The lowest BCUT2D eigenvalue weighted by Gasteiger charge is -2.24. The summed E-state index contributed by atoms with van der Waals surface area (Å²) >= 11 is 0. The summed E-state index contributed by atoms with van der Waals surface area (Å²) in [5, 5.41) is 2.57. The number of anilines is 1. The van der Waals surface area contributed by atoms with Crippen molar-refractivity contribution in [3.8, 4) is 0 Å². The minimum Gasteiger partial charge on any atom is -0.448 e. The number of hydrogen-bond donors (Lipinski definition) is 1. The molecule has 24 heavy (non-hydrogen) atoms. The van der Waals surface area contributed by atoms with Gasteiger partial charge in [0.05, 0.1) is 5.56 Å². The Morgan fingerprint density at radius 1 is 1.12 bits per heavy atom. The van der Waals surface area contributed by atoms with Crippen molar-refractivity contribution >= 4 is 21.6 Å². The number of carbonyl (C=O) groups is 1. The summed E-state index contributed by atoms with van der Waals surface area (Å²) in [6, 6.07) is 10.3. The molecule has 0 aliphatic carbocycles. The van der Waals surface area contributed by atoms with E-state index in [-0.39, 0.29) is 16.6 Å². The molecule has 1 N–H and O–H groups in total. The third-order valence-corrected chi connectivity index (χ3v) is 5.84. The van der Waals surface area contributed by atoms with E-state index in [1.165, 1.54) is 10.4 Å². The number of amides is 1. The summed E-state index contributed by atoms with van der Waals surface area (Å²) in [5.74, 6) is -0.0958. The Bertz CT molecular complexity index is 822. The van der Waals surface area contributed by atoms with Gasteiger partial charge in [0, 0.05) is 24.8 Å². The van der Waals surface area contributed by atoms with Crippen molar-refractivity contribution in [2.45, 2.75) is 31.3 Å². The first-order chi connectivity index (χ1) is 11.5. The maximum atomic E-state index is 12.6. The number of nitrogens with one attached hydrogen (secondary N) is 1. The molecule has 0 saturated carbocycles. The molecule has 128 valence electrons. The smallest absolute Gasteiger partial charge is 0.276 e. The Labute approximate surface area is 141 Å². The van der Waals surface area contributed by atoms with Crippen molar-refractivity contribution < 1.29 is 17.6 Å². The van der Waals surface area contributed by atoms with Crippen LogP contribution in [0, 0.1) is 6.92 Å². The Kier molecular flexibility index (Phi) is 4.73. The summed E-state index contributed by atoms with van der Waals surface area (Å²) in [4.78, 5) is 12.4. The van der Waals surface area contributed by atoms with Gasteiger partial charge in [0.25, 0.3) is 15.9 Å². The monoisotopic (exact) mass is 348 g/mol. The van der Waals surface area contributed by atoms with Crippen molar-refractivity contribution in [1.29, 1.82) is 0 Å². The van der Waals surface area contributed by atoms with E-state index in [2.05, 4.69) is 5.32 Å². The fourth-order valence-electron chi connectivity index (χ4n) is 2.76. The molecule has 3 rings (SSSR count). The quantitative estimate of drug-likeness (QED) is 0.921. The largest absolute Gasteiger partial charge is 0.448 e. The SMILES string of the molecule is Cc1oc(S(=O)(=O)N2CCCCC2)cc1C(=O)Nc1ccccc1. The van der Waals surface area contributed by atoms with Crippen molar-refractivity contribution in [2.75, 3.05) is 18.4 Å². The van der Waals surface area contributed by atoms with Gasteiger partial charge in [0.1, 0.15) is 5.76 Å². The molecule has 0 spiro atoms. The number of nitrogens with zero attached hydrogens (tertiary/aromatic N) is 1. The van der Waals surface area contributed by atoms with E-state index in [9.17, 15) is 13.2 Å². The number of benzene rings is 1. The molecule has 1 aliphatic heterocycles. The number of aryl methyl sites for hydroxylation is 1. The molecule has 1 aromatic carbocycles. The lowest BCUT2D eigenvalue weighted by molar-refractivity contribution is 0.102. The maximum Gasteiger partial charge on any atom is 0.276 e. The van der Waals surface area contributed by atoms with Crippen LogP contribution in [0.25, 0.3) is 0 Å². The zero-order chi connectivity index (χ0) is 17.2. The van der Waals surface area contributed by atoms with Gasteiger partial charge in [-0.2, -0.15) is 4.31 Å². The molecule has 0 bridgehead atoms. The van der Waals surface area contributed by atoms with Crippen molar-refractivity contribution in [1.82, 2.24) is 4.31 Å². The lowest BCUT2D eigenvalue weighted by Crippen LogP contribution is -2.35. The Morgan fingerprint density at radius 2 is 1.79 bits per heavy atom. The lowest BCUT2D eigenvalue weighted by atomic mass is 10.2. The highest BCUT2D eigenvalue weighted by atomic mass is 32.2. The van der Waals surface area contributed by atoms with Gasteiger partial charge in [-0.15, -0.1) is 0 Å². The van der Waals surface area contributed by atoms with Crippen LogP contribution in [0.2, 0.25) is 0 Å². The van der Waals surface area contributed by atoms with Gasteiger partial charge in [-0.1, -0.05) is 24.6 Å². The predicted octanol–water partition coefficient (Wildman–Crippen LogP) is 3.01. The number of piperidine rings is 1. The van der Waals surface area contributed by atoms with Crippen LogP contribution in [0.3, 0.4) is 0 Å². The van der Waals surface area contributed by atoms with E-state index in [1.807, 2.05) is 18.2 Å². The van der Waals surface area contributed by atoms with Crippen LogP contribution in [-0.2, 0) is 10.0 Å². The number of rotatable bonds is 4. The normalized spacial score (nSPS) is 16.0. The number of para-hydroxylation sites is 1. The van der Waals surface area contributed by atoms with Gasteiger partial charge in [-0.25, -0.2) is 8.42 Å². The minimum absolute atomic E-state index is 0.167. The van der Waals surface area contributed by atoms with Gasteiger partial charge in [0.15, 0.2) is 0 Å². The molecule has 0 radical (unpaired) electrons. The molecule has 2 aromatic rings. The molecule has 1 fully saturated rings. The van der Waals surface area contributed by atoms with E-state index in [0.717, 1.165) is 19.3 Å². The highest BCUT2D eigenvalue weighted by molar-refractivity contribution is 7.89. The Morgan fingerprint density at radius 3 is 2.46 bits per heavy atom.